The molecule has 5 nitrogen and oxygen atoms in total. The molecule has 0 saturated heterocycles. The average Bonchev–Trinajstić information content (AvgIpc) is 3.89. The highest BCUT2D eigenvalue weighted by Crippen LogP contribution is 2.49. The second kappa shape index (κ2) is 17.3. The molecule has 0 spiro atoms. The number of anilines is 4. The van der Waals surface area contributed by atoms with E-state index in [2.05, 4.69) is 274 Å². The minimum atomic E-state index is -0.212. The van der Waals surface area contributed by atoms with Crippen LogP contribution in [0.25, 0.3) is 27.6 Å². The molecular formula is C66H70N4O. The Hall–Kier alpha value is -7.11. The summed E-state index contributed by atoms with van der Waals surface area (Å²) in [5.74, 6) is 2.43. The lowest BCUT2D eigenvalue weighted by atomic mass is 9.78. The Morgan fingerprint density at radius 2 is 0.915 bits per heavy atom. The lowest BCUT2D eigenvalue weighted by Gasteiger charge is -2.30. The molecule has 0 fully saturated rings. The van der Waals surface area contributed by atoms with Gasteiger partial charge in [0, 0.05) is 51.3 Å². The molecular weight excluding hydrogens is 865 g/mol. The SMILES string of the molecule is CC(C)(C)c1cc(N2CN(c3cccc(Oc4ccc5c6ccc(C(C)(C)c7ccccc7)cc6n(-c6cc(C(C)(C)C)ccn6)c5c4)c3)c3ccc(C(C)(C)c4ccccc4)cc32)cc(C(C)(C)C)c1. The van der Waals surface area contributed by atoms with Crippen molar-refractivity contribution in [2.75, 3.05) is 16.5 Å². The Kier molecular flexibility index (Phi) is 11.6. The summed E-state index contributed by atoms with van der Waals surface area (Å²) < 4.78 is 9.26. The molecule has 0 saturated carbocycles. The number of hydrogen-bond acceptors (Lipinski definition) is 4. The molecule has 1 aliphatic heterocycles. The van der Waals surface area contributed by atoms with Gasteiger partial charge in [-0.2, -0.15) is 0 Å². The van der Waals surface area contributed by atoms with Gasteiger partial charge in [-0.3, -0.25) is 4.57 Å². The van der Waals surface area contributed by atoms with Crippen molar-refractivity contribution >= 4 is 44.6 Å². The maximum Gasteiger partial charge on any atom is 0.137 e. The topological polar surface area (TPSA) is 33.5 Å². The van der Waals surface area contributed by atoms with E-state index in [1.54, 1.807) is 0 Å². The van der Waals surface area contributed by atoms with Gasteiger partial charge in [0.2, 0.25) is 0 Å². The first kappa shape index (κ1) is 47.6. The van der Waals surface area contributed by atoms with E-state index in [0.29, 0.717) is 6.67 Å². The highest BCUT2D eigenvalue weighted by Gasteiger charge is 2.34. The molecule has 71 heavy (non-hydrogen) atoms. The van der Waals surface area contributed by atoms with Crippen LogP contribution in [-0.4, -0.2) is 16.2 Å². The van der Waals surface area contributed by atoms with E-state index >= 15 is 0 Å². The summed E-state index contributed by atoms with van der Waals surface area (Å²) in [7, 11) is 0. The Labute approximate surface area is 422 Å². The zero-order valence-corrected chi connectivity index (χ0v) is 44.1. The van der Waals surface area contributed by atoms with Crippen molar-refractivity contribution in [3.05, 3.63) is 215 Å². The molecule has 360 valence electrons. The quantitative estimate of drug-likeness (QED) is 0.144. The van der Waals surface area contributed by atoms with Gasteiger partial charge in [0.1, 0.15) is 24.0 Å². The molecule has 2 aromatic heterocycles. The summed E-state index contributed by atoms with van der Waals surface area (Å²) >= 11 is 0. The fraction of sp³-hybridized carbons (Fsp3) is 0.288. The van der Waals surface area contributed by atoms with Gasteiger partial charge in [-0.05, 0) is 122 Å². The number of pyridine rings is 1. The standard InChI is InChI=1S/C66H70N4O/c1-62(2,3)46-33-34-67-61(40-46)70-58-38-47(65(10,11)44-21-16-14-17-22-44)27-30-55(58)56-31-29-54(42-59(56)70)71-53-26-20-25-51(41-53)68-43-69(52-36-49(63(4,5)6)35-50(37-52)64(7,8)9)60-39-48(28-32-57(60)68)66(12,13)45-23-18-15-19-24-45/h14-42H,43H2,1-13H3. The van der Waals surface area contributed by atoms with Gasteiger partial charge in [0.25, 0.3) is 0 Å². The van der Waals surface area contributed by atoms with E-state index in [4.69, 9.17) is 9.72 Å². The van der Waals surface area contributed by atoms with Crippen molar-refractivity contribution in [3.8, 4) is 17.3 Å². The maximum absolute atomic E-state index is 6.93. The fourth-order valence-electron chi connectivity index (χ4n) is 10.3. The molecule has 7 aromatic carbocycles. The number of hydrogen-bond donors (Lipinski definition) is 0. The summed E-state index contributed by atoms with van der Waals surface area (Å²) in [6.07, 6.45) is 1.95. The van der Waals surface area contributed by atoms with Crippen LogP contribution >= 0.6 is 0 Å². The van der Waals surface area contributed by atoms with Crippen LogP contribution in [0.1, 0.15) is 129 Å². The molecule has 10 rings (SSSR count). The monoisotopic (exact) mass is 935 g/mol. The van der Waals surface area contributed by atoms with E-state index < -0.39 is 0 Å². The molecule has 0 unspecified atom stereocenters. The number of nitrogens with zero attached hydrogens (tertiary/aromatic N) is 4. The normalized spacial score (nSPS) is 13.6. The van der Waals surface area contributed by atoms with E-state index in [0.717, 1.165) is 39.4 Å². The zero-order chi connectivity index (χ0) is 50.3. The molecule has 1 aliphatic rings. The van der Waals surface area contributed by atoms with Crippen molar-refractivity contribution in [1.82, 2.24) is 9.55 Å². The van der Waals surface area contributed by atoms with Gasteiger partial charge >= 0.3 is 0 Å². The Morgan fingerprint density at radius 1 is 0.380 bits per heavy atom. The smallest absolute Gasteiger partial charge is 0.137 e. The Morgan fingerprint density at radius 3 is 1.52 bits per heavy atom. The van der Waals surface area contributed by atoms with E-state index in [1.807, 2.05) is 6.20 Å². The number of benzene rings is 7. The lowest BCUT2D eigenvalue weighted by Crippen LogP contribution is -2.25. The van der Waals surface area contributed by atoms with Crippen LogP contribution in [-0.2, 0) is 27.1 Å². The van der Waals surface area contributed by atoms with E-state index in [9.17, 15) is 0 Å². The summed E-state index contributed by atoms with van der Waals surface area (Å²) in [6.45, 7) is 30.6. The molecule has 9 aromatic rings. The highest BCUT2D eigenvalue weighted by molar-refractivity contribution is 6.09. The molecule has 0 atom stereocenters. The Bertz CT molecular complexity index is 3400. The molecule has 5 heteroatoms. The van der Waals surface area contributed by atoms with Crippen LogP contribution in [0.2, 0.25) is 0 Å². The number of rotatable bonds is 9. The second-order valence-corrected chi connectivity index (χ2v) is 24.0. The molecule has 0 aliphatic carbocycles. The molecule has 0 N–H and O–H groups in total. The highest BCUT2D eigenvalue weighted by atomic mass is 16.5. The van der Waals surface area contributed by atoms with Gasteiger partial charge in [0.15, 0.2) is 0 Å². The third-order valence-corrected chi connectivity index (χ3v) is 15.2. The predicted molar refractivity (Wildman–Crippen MR) is 300 cm³/mol. The summed E-state index contributed by atoms with van der Waals surface area (Å²) in [4.78, 5) is 9.99. The number of fused-ring (bicyclic) bond motifs is 4. The Balaban J connectivity index is 1.06. The first-order valence-corrected chi connectivity index (χ1v) is 25.4. The molecule has 0 radical (unpaired) electrons. The van der Waals surface area contributed by atoms with Crippen LogP contribution in [0.15, 0.2) is 176 Å². The lowest BCUT2D eigenvalue weighted by molar-refractivity contribution is 0.483. The van der Waals surface area contributed by atoms with Crippen LogP contribution in [0.3, 0.4) is 0 Å². The average molecular weight is 935 g/mol. The fourth-order valence-corrected chi connectivity index (χ4v) is 10.3. The molecule has 0 bridgehead atoms. The number of aromatic nitrogens is 2. The minimum Gasteiger partial charge on any atom is -0.457 e. The molecule has 0 amide bonds. The van der Waals surface area contributed by atoms with Crippen molar-refractivity contribution in [2.24, 2.45) is 0 Å². The van der Waals surface area contributed by atoms with Gasteiger partial charge in [-0.15, -0.1) is 0 Å². The minimum absolute atomic E-state index is 0.0202. The van der Waals surface area contributed by atoms with E-state index in [-0.39, 0.29) is 27.1 Å². The zero-order valence-electron chi connectivity index (χ0n) is 44.1. The maximum atomic E-state index is 6.93. The van der Waals surface area contributed by atoms with Crippen LogP contribution in [0.5, 0.6) is 11.5 Å². The summed E-state index contributed by atoms with van der Waals surface area (Å²) in [5.41, 5.74) is 15.3. The third-order valence-electron chi connectivity index (χ3n) is 15.2. The first-order chi connectivity index (χ1) is 33.6. The second-order valence-electron chi connectivity index (χ2n) is 24.0. The van der Waals surface area contributed by atoms with Gasteiger partial charge in [0.05, 0.1) is 22.4 Å². The molecule has 3 heterocycles. The summed E-state index contributed by atoms with van der Waals surface area (Å²) in [5, 5.41) is 2.33. The summed E-state index contributed by atoms with van der Waals surface area (Å²) in [6, 6.07) is 62.4. The number of ether oxygens (including phenoxy) is 1. The van der Waals surface area contributed by atoms with Gasteiger partial charge < -0.3 is 14.5 Å². The van der Waals surface area contributed by atoms with E-state index in [1.165, 1.54) is 61.4 Å². The van der Waals surface area contributed by atoms with Crippen molar-refractivity contribution in [2.45, 2.75) is 117 Å². The van der Waals surface area contributed by atoms with Crippen molar-refractivity contribution in [3.63, 3.8) is 0 Å². The van der Waals surface area contributed by atoms with Crippen LogP contribution < -0.4 is 14.5 Å². The van der Waals surface area contributed by atoms with Crippen LogP contribution in [0.4, 0.5) is 22.7 Å². The first-order valence-electron chi connectivity index (χ1n) is 25.4. The van der Waals surface area contributed by atoms with Crippen LogP contribution in [0, 0.1) is 0 Å². The third kappa shape index (κ3) is 8.90. The largest absolute Gasteiger partial charge is 0.457 e. The van der Waals surface area contributed by atoms with Gasteiger partial charge in [-0.25, -0.2) is 4.98 Å². The van der Waals surface area contributed by atoms with Gasteiger partial charge in [-0.1, -0.05) is 181 Å². The van der Waals surface area contributed by atoms with Crippen molar-refractivity contribution < 1.29 is 4.74 Å². The predicted octanol–water partition coefficient (Wildman–Crippen LogP) is 17.8. The van der Waals surface area contributed by atoms with Crippen molar-refractivity contribution in [1.29, 1.82) is 0 Å².